The van der Waals surface area contributed by atoms with Crippen LogP contribution < -0.4 is 14.8 Å². The van der Waals surface area contributed by atoms with Gasteiger partial charge in [0.05, 0.1) is 24.2 Å². The molecule has 1 aliphatic rings. The van der Waals surface area contributed by atoms with Crippen molar-refractivity contribution in [2.75, 3.05) is 18.5 Å². The Morgan fingerprint density at radius 1 is 1.00 bits per heavy atom. The predicted octanol–water partition coefficient (Wildman–Crippen LogP) is 7.53. The monoisotopic (exact) mass is 562 g/mol. The van der Waals surface area contributed by atoms with Crippen LogP contribution in [-0.4, -0.2) is 30.1 Å². The standard InChI is InChI=1S/C30H24Cl2N2O5/c1-2-37-30(36)23-13-14-38-26-16-27(25(32)15-24(23)26)39-22-10-5-19(6-11-22)29(35)34-28-12-7-20(17-33-28)18-3-8-21(31)9-4-18/h3-12,15-17,23H,2,13-14H2,1H3,(H,33,34,35). The molecule has 1 aliphatic heterocycles. The van der Waals surface area contributed by atoms with Gasteiger partial charge in [-0.3, -0.25) is 9.59 Å². The third-order valence-corrected chi connectivity index (χ3v) is 6.75. The van der Waals surface area contributed by atoms with Crippen molar-refractivity contribution < 1.29 is 23.8 Å². The molecule has 5 rings (SSSR count). The number of halogens is 2. The Bertz CT molecular complexity index is 1490. The average molecular weight is 563 g/mol. The largest absolute Gasteiger partial charge is 0.493 e. The van der Waals surface area contributed by atoms with Gasteiger partial charge in [-0.05, 0) is 73.5 Å². The van der Waals surface area contributed by atoms with Gasteiger partial charge in [0.2, 0.25) is 0 Å². The zero-order valence-corrected chi connectivity index (χ0v) is 22.5. The Morgan fingerprint density at radius 2 is 1.74 bits per heavy atom. The average Bonchev–Trinajstić information content (AvgIpc) is 2.94. The number of carbonyl (C=O) groups excluding carboxylic acids is 2. The molecule has 2 heterocycles. The van der Waals surface area contributed by atoms with E-state index in [4.69, 9.17) is 37.4 Å². The summed E-state index contributed by atoms with van der Waals surface area (Å²) in [6, 6.07) is 21.0. The minimum Gasteiger partial charge on any atom is -0.493 e. The fourth-order valence-corrected chi connectivity index (χ4v) is 4.56. The molecule has 1 aromatic heterocycles. The number of nitrogens with zero attached hydrogens (tertiary/aromatic N) is 1. The summed E-state index contributed by atoms with van der Waals surface area (Å²) in [4.78, 5) is 29.4. The number of pyridine rings is 1. The van der Waals surface area contributed by atoms with Gasteiger partial charge in [0.1, 0.15) is 23.1 Å². The highest BCUT2D eigenvalue weighted by atomic mass is 35.5. The number of esters is 1. The van der Waals surface area contributed by atoms with Gasteiger partial charge < -0.3 is 19.5 Å². The lowest BCUT2D eigenvalue weighted by molar-refractivity contribution is -0.145. The van der Waals surface area contributed by atoms with Crippen molar-refractivity contribution in [1.82, 2.24) is 4.98 Å². The molecule has 0 aliphatic carbocycles. The third kappa shape index (κ3) is 6.16. The van der Waals surface area contributed by atoms with Crippen molar-refractivity contribution in [2.24, 2.45) is 0 Å². The van der Waals surface area contributed by atoms with E-state index in [1.54, 1.807) is 55.6 Å². The summed E-state index contributed by atoms with van der Waals surface area (Å²) < 4.78 is 16.9. The minimum atomic E-state index is -0.429. The number of rotatable bonds is 7. The summed E-state index contributed by atoms with van der Waals surface area (Å²) in [7, 11) is 0. The van der Waals surface area contributed by atoms with Crippen LogP contribution in [0, 0.1) is 0 Å². The smallest absolute Gasteiger partial charge is 0.313 e. The molecule has 0 saturated carbocycles. The second-order valence-corrected chi connectivity index (χ2v) is 9.63. The molecule has 0 radical (unpaired) electrons. The number of fused-ring (bicyclic) bond motifs is 1. The second kappa shape index (κ2) is 11.8. The zero-order valence-electron chi connectivity index (χ0n) is 20.9. The SMILES string of the molecule is CCOC(=O)C1CCOc2cc(Oc3ccc(C(=O)Nc4ccc(-c5ccc(Cl)cc5)cn4)cc3)c(Cl)cc21. The summed E-state index contributed by atoms with van der Waals surface area (Å²) in [5, 5.41) is 3.79. The minimum absolute atomic E-state index is 0.298. The number of carbonyl (C=O) groups is 2. The summed E-state index contributed by atoms with van der Waals surface area (Å²) in [5.41, 5.74) is 3.00. The number of nitrogens with one attached hydrogen (secondary N) is 1. The normalized spacial score (nSPS) is 14.1. The van der Waals surface area contributed by atoms with E-state index < -0.39 is 5.92 Å². The van der Waals surface area contributed by atoms with Crippen LogP contribution in [0.3, 0.4) is 0 Å². The molecular formula is C30H24Cl2N2O5. The quantitative estimate of drug-likeness (QED) is 0.234. The first-order valence-corrected chi connectivity index (χ1v) is 13.1. The van der Waals surface area contributed by atoms with Crippen LogP contribution in [0.15, 0.2) is 79.0 Å². The van der Waals surface area contributed by atoms with Gasteiger partial charge in [0, 0.05) is 34.0 Å². The van der Waals surface area contributed by atoms with E-state index >= 15 is 0 Å². The first-order chi connectivity index (χ1) is 18.9. The number of amides is 1. The van der Waals surface area contributed by atoms with E-state index in [0.717, 1.165) is 11.1 Å². The molecule has 0 fully saturated rings. The molecule has 1 N–H and O–H groups in total. The fraction of sp³-hybridized carbons (Fsp3) is 0.167. The zero-order chi connectivity index (χ0) is 27.4. The van der Waals surface area contributed by atoms with Gasteiger partial charge in [-0.15, -0.1) is 0 Å². The van der Waals surface area contributed by atoms with E-state index in [1.165, 1.54) is 0 Å². The Balaban J connectivity index is 1.24. The lowest BCUT2D eigenvalue weighted by Gasteiger charge is -2.25. The van der Waals surface area contributed by atoms with Gasteiger partial charge in [0.15, 0.2) is 0 Å². The molecule has 0 bridgehead atoms. The number of aromatic nitrogens is 1. The van der Waals surface area contributed by atoms with Crippen molar-refractivity contribution in [2.45, 2.75) is 19.3 Å². The molecule has 0 spiro atoms. The molecule has 1 atom stereocenters. The van der Waals surface area contributed by atoms with Crippen LogP contribution in [0.1, 0.15) is 35.2 Å². The van der Waals surface area contributed by atoms with Crippen LogP contribution in [0.25, 0.3) is 11.1 Å². The maximum atomic E-state index is 12.7. The molecule has 9 heteroatoms. The van der Waals surface area contributed by atoms with Crippen LogP contribution in [0.2, 0.25) is 10.0 Å². The summed E-state index contributed by atoms with van der Waals surface area (Å²) in [5.74, 6) is 0.788. The maximum absolute atomic E-state index is 12.7. The molecule has 39 heavy (non-hydrogen) atoms. The number of hydrogen-bond donors (Lipinski definition) is 1. The van der Waals surface area contributed by atoms with Crippen molar-refractivity contribution in [3.05, 3.63) is 100 Å². The number of anilines is 1. The highest BCUT2D eigenvalue weighted by Gasteiger charge is 2.30. The maximum Gasteiger partial charge on any atom is 0.313 e. The summed E-state index contributed by atoms with van der Waals surface area (Å²) in [6.45, 7) is 2.47. The second-order valence-electron chi connectivity index (χ2n) is 8.78. The van der Waals surface area contributed by atoms with Crippen LogP contribution in [0.4, 0.5) is 5.82 Å². The molecule has 1 unspecified atom stereocenters. The summed E-state index contributed by atoms with van der Waals surface area (Å²) >= 11 is 12.4. The van der Waals surface area contributed by atoms with E-state index in [-0.39, 0.29) is 11.9 Å². The predicted molar refractivity (Wildman–Crippen MR) is 150 cm³/mol. The van der Waals surface area contributed by atoms with Crippen molar-refractivity contribution in [1.29, 1.82) is 0 Å². The Hall–Kier alpha value is -4.07. The van der Waals surface area contributed by atoms with Crippen LogP contribution in [-0.2, 0) is 9.53 Å². The molecule has 4 aromatic rings. The molecular weight excluding hydrogens is 539 g/mol. The molecule has 7 nitrogen and oxygen atoms in total. The van der Waals surface area contributed by atoms with Gasteiger partial charge in [-0.2, -0.15) is 0 Å². The first kappa shape index (κ1) is 26.5. The van der Waals surface area contributed by atoms with E-state index in [9.17, 15) is 9.59 Å². The van der Waals surface area contributed by atoms with Gasteiger partial charge in [-0.1, -0.05) is 35.3 Å². The fourth-order valence-electron chi connectivity index (χ4n) is 4.23. The highest BCUT2D eigenvalue weighted by Crippen LogP contribution is 2.42. The Labute approximate surface area is 235 Å². The third-order valence-electron chi connectivity index (χ3n) is 6.20. The van der Waals surface area contributed by atoms with Gasteiger partial charge >= 0.3 is 5.97 Å². The van der Waals surface area contributed by atoms with Gasteiger partial charge in [-0.25, -0.2) is 4.98 Å². The molecule has 3 aromatic carbocycles. The van der Waals surface area contributed by atoms with Crippen molar-refractivity contribution in [3.8, 4) is 28.4 Å². The summed E-state index contributed by atoms with van der Waals surface area (Å²) in [6.07, 6.45) is 2.21. The number of benzene rings is 3. The molecule has 198 valence electrons. The first-order valence-electron chi connectivity index (χ1n) is 12.4. The van der Waals surface area contributed by atoms with Crippen molar-refractivity contribution in [3.63, 3.8) is 0 Å². The van der Waals surface area contributed by atoms with E-state index in [0.29, 0.717) is 63.9 Å². The number of ether oxygens (including phenoxy) is 3. The highest BCUT2D eigenvalue weighted by molar-refractivity contribution is 6.32. The molecule has 0 saturated heterocycles. The Kier molecular flexibility index (Phi) is 8.00. The van der Waals surface area contributed by atoms with E-state index in [1.807, 2.05) is 30.3 Å². The van der Waals surface area contributed by atoms with Crippen LogP contribution in [0.5, 0.6) is 17.2 Å². The van der Waals surface area contributed by atoms with Crippen molar-refractivity contribution >= 4 is 40.9 Å². The molecule has 1 amide bonds. The Morgan fingerprint density at radius 3 is 2.44 bits per heavy atom. The lowest BCUT2D eigenvalue weighted by Crippen LogP contribution is -2.23. The lowest BCUT2D eigenvalue weighted by atomic mass is 9.93. The topological polar surface area (TPSA) is 86.8 Å². The van der Waals surface area contributed by atoms with E-state index in [2.05, 4.69) is 10.3 Å². The van der Waals surface area contributed by atoms with Crippen LogP contribution >= 0.6 is 23.2 Å². The van der Waals surface area contributed by atoms with Gasteiger partial charge in [0.25, 0.3) is 5.91 Å². The number of hydrogen-bond acceptors (Lipinski definition) is 6.